The molecule has 3 aromatic heterocycles. The van der Waals surface area contributed by atoms with Crippen LogP contribution >= 0.6 is 0 Å². The number of rotatable bonds is 5. The minimum Gasteiger partial charge on any atom is -0.378 e. The molecule has 1 saturated heterocycles. The van der Waals surface area contributed by atoms with Crippen molar-refractivity contribution in [3.63, 3.8) is 0 Å². The Morgan fingerprint density at radius 2 is 1.86 bits per heavy atom. The molecule has 11 heteroatoms. The van der Waals surface area contributed by atoms with Crippen LogP contribution in [0.1, 0.15) is 0 Å². The van der Waals surface area contributed by atoms with Crippen molar-refractivity contribution in [3.8, 4) is 16.9 Å². The van der Waals surface area contributed by atoms with Gasteiger partial charge in [0.2, 0.25) is 5.95 Å². The fourth-order valence-corrected chi connectivity index (χ4v) is 4.14. The van der Waals surface area contributed by atoms with Gasteiger partial charge < -0.3 is 15.0 Å². The highest BCUT2D eigenvalue weighted by Gasteiger charge is 2.17. The fraction of sp³-hybridized carbons (Fsp3) is 0.208. The van der Waals surface area contributed by atoms with Crippen molar-refractivity contribution in [3.05, 3.63) is 71.5 Å². The molecule has 1 aliphatic heterocycles. The van der Waals surface area contributed by atoms with Gasteiger partial charge in [-0.2, -0.15) is 15.2 Å². The van der Waals surface area contributed by atoms with Gasteiger partial charge in [-0.25, -0.2) is 19.4 Å². The maximum Gasteiger partial charge on any atom is 0.347 e. The van der Waals surface area contributed by atoms with Crippen LogP contribution in [0.3, 0.4) is 0 Å². The number of anilines is 3. The Morgan fingerprint density at radius 3 is 2.63 bits per heavy atom. The van der Waals surface area contributed by atoms with E-state index in [0.717, 1.165) is 46.6 Å². The predicted molar refractivity (Wildman–Crippen MR) is 132 cm³/mol. The van der Waals surface area contributed by atoms with Crippen LogP contribution in [0.5, 0.6) is 0 Å². The van der Waals surface area contributed by atoms with Crippen LogP contribution in [0, 0.1) is 0 Å². The smallest absolute Gasteiger partial charge is 0.347 e. The van der Waals surface area contributed by atoms with E-state index in [2.05, 4.69) is 43.7 Å². The van der Waals surface area contributed by atoms with Crippen LogP contribution in [0.4, 0.5) is 17.5 Å². The molecule has 35 heavy (non-hydrogen) atoms. The Bertz CT molecular complexity index is 1550. The lowest BCUT2D eigenvalue weighted by Gasteiger charge is -2.27. The van der Waals surface area contributed by atoms with Crippen molar-refractivity contribution in [2.75, 3.05) is 36.5 Å². The molecule has 0 spiro atoms. The van der Waals surface area contributed by atoms with Crippen LogP contribution < -0.4 is 15.9 Å². The molecule has 0 unspecified atom stereocenters. The molecule has 1 aliphatic rings. The number of morpholine rings is 1. The van der Waals surface area contributed by atoms with E-state index in [1.165, 1.54) is 10.9 Å². The zero-order valence-electron chi connectivity index (χ0n) is 19.0. The lowest BCUT2D eigenvalue weighted by molar-refractivity contribution is 0.122. The Labute approximate surface area is 200 Å². The van der Waals surface area contributed by atoms with E-state index in [4.69, 9.17) is 14.7 Å². The summed E-state index contributed by atoms with van der Waals surface area (Å²) in [6.07, 6.45) is 3.31. The largest absolute Gasteiger partial charge is 0.378 e. The molecule has 2 N–H and O–H groups in total. The fourth-order valence-electron chi connectivity index (χ4n) is 4.14. The van der Waals surface area contributed by atoms with Crippen molar-refractivity contribution >= 4 is 28.4 Å². The van der Waals surface area contributed by atoms with Crippen molar-refractivity contribution < 1.29 is 4.74 Å². The average Bonchev–Trinajstić information content (AvgIpc) is 3.50. The number of aromatic amines is 1. The summed E-state index contributed by atoms with van der Waals surface area (Å²) >= 11 is 0. The molecule has 176 valence electrons. The topological polar surface area (TPSA) is 119 Å². The maximum absolute atomic E-state index is 11.8. The highest BCUT2D eigenvalue weighted by molar-refractivity contribution is 5.84. The molecule has 0 atom stereocenters. The third-order valence-corrected chi connectivity index (χ3v) is 6.02. The molecule has 0 radical (unpaired) electrons. The number of aromatic nitrogens is 7. The number of hydrogen-bond acceptors (Lipinski definition) is 8. The molecular weight excluding hydrogens is 446 g/mol. The number of ether oxygens (including phenoxy) is 1. The van der Waals surface area contributed by atoms with Gasteiger partial charge in [0.15, 0.2) is 0 Å². The van der Waals surface area contributed by atoms with E-state index in [-0.39, 0.29) is 5.69 Å². The first-order valence-corrected chi connectivity index (χ1v) is 11.3. The van der Waals surface area contributed by atoms with E-state index in [9.17, 15) is 4.79 Å². The standard InChI is InChI=1S/C24H23N9O2/c1-31-21-12-16(2-3-17(21)14-26-31)20-13-22(29-23(28-20)32-8-10-35-11-9-32)27-18-4-6-19(7-5-18)33-15-25-30-24(33)34/h2-7,12-15H,8-11H2,1H3,(H,30,34)(H,27,28,29). The third kappa shape index (κ3) is 4.13. The average molecular weight is 470 g/mol. The van der Waals surface area contributed by atoms with Crippen molar-refractivity contribution in [1.82, 2.24) is 34.5 Å². The number of nitrogens with one attached hydrogen (secondary N) is 2. The van der Waals surface area contributed by atoms with Gasteiger partial charge in [-0.3, -0.25) is 4.68 Å². The predicted octanol–water partition coefficient (Wildman–Crippen LogP) is 2.48. The summed E-state index contributed by atoms with van der Waals surface area (Å²) in [6, 6.07) is 15.6. The first-order chi connectivity index (χ1) is 17.1. The highest BCUT2D eigenvalue weighted by Crippen LogP contribution is 2.28. The SMILES string of the molecule is Cn1ncc2ccc(-c3cc(Nc4ccc(-n5cn[nH]c5=O)cc4)nc(N4CCOCC4)n3)cc21. The van der Waals surface area contributed by atoms with Gasteiger partial charge in [0.05, 0.1) is 36.3 Å². The van der Waals surface area contributed by atoms with Gasteiger partial charge in [0.1, 0.15) is 12.1 Å². The summed E-state index contributed by atoms with van der Waals surface area (Å²) in [5.74, 6) is 1.33. The van der Waals surface area contributed by atoms with Crippen LogP contribution in [0.2, 0.25) is 0 Å². The zero-order valence-corrected chi connectivity index (χ0v) is 19.0. The maximum atomic E-state index is 11.8. The molecule has 2 aromatic carbocycles. The molecule has 6 rings (SSSR count). The molecule has 4 heterocycles. The number of nitrogens with zero attached hydrogens (tertiary/aromatic N) is 7. The summed E-state index contributed by atoms with van der Waals surface area (Å²) in [4.78, 5) is 23.7. The molecule has 0 amide bonds. The Morgan fingerprint density at radius 1 is 1.03 bits per heavy atom. The van der Waals surface area contributed by atoms with Crippen LogP contribution in [0.15, 0.2) is 65.8 Å². The second-order valence-corrected chi connectivity index (χ2v) is 8.28. The lowest BCUT2D eigenvalue weighted by Crippen LogP contribution is -2.37. The van der Waals surface area contributed by atoms with Crippen LogP contribution in [-0.4, -0.2) is 60.8 Å². The normalized spacial score (nSPS) is 13.9. The van der Waals surface area contributed by atoms with Crippen LogP contribution in [0.25, 0.3) is 27.8 Å². The second-order valence-electron chi connectivity index (χ2n) is 8.28. The van der Waals surface area contributed by atoms with Gasteiger partial charge >= 0.3 is 5.69 Å². The second kappa shape index (κ2) is 8.69. The Hall–Kier alpha value is -4.51. The van der Waals surface area contributed by atoms with Gasteiger partial charge in [0.25, 0.3) is 0 Å². The molecule has 11 nitrogen and oxygen atoms in total. The van der Waals surface area contributed by atoms with E-state index in [0.29, 0.717) is 25.0 Å². The van der Waals surface area contributed by atoms with E-state index in [1.807, 2.05) is 48.3 Å². The molecular formula is C24H23N9O2. The lowest BCUT2D eigenvalue weighted by atomic mass is 10.1. The van der Waals surface area contributed by atoms with Gasteiger partial charge in [-0.15, -0.1) is 0 Å². The molecule has 5 aromatic rings. The molecule has 1 fully saturated rings. The Balaban J connectivity index is 1.36. The van der Waals surface area contributed by atoms with Crippen molar-refractivity contribution in [1.29, 1.82) is 0 Å². The van der Waals surface area contributed by atoms with Gasteiger partial charge in [-0.1, -0.05) is 12.1 Å². The monoisotopic (exact) mass is 469 g/mol. The number of H-pyrrole nitrogens is 1. The van der Waals surface area contributed by atoms with E-state index >= 15 is 0 Å². The minimum absolute atomic E-state index is 0.285. The number of hydrogen-bond donors (Lipinski definition) is 2. The summed E-state index contributed by atoms with van der Waals surface area (Å²) in [7, 11) is 1.93. The highest BCUT2D eigenvalue weighted by atomic mass is 16.5. The van der Waals surface area contributed by atoms with Gasteiger partial charge in [0, 0.05) is 42.8 Å². The summed E-state index contributed by atoms with van der Waals surface area (Å²) < 4.78 is 8.81. The summed E-state index contributed by atoms with van der Waals surface area (Å²) in [5, 5.41) is 15.0. The van der Waals surface area contributed by atoms with Crippen molar-refractivity contribution in [2.45, 2.75) is 0 Å². The minimum atomic E-state index is -0.285. The van der Waals surface area contributed by atoms with Gasteiger partial charge in [-0.05, 0) is 30.3 Å². The molecule has 0 saturated carbocycles. The van der Waals surface area contributed by atoms with E-state index < -0.39 is 0 Å². The first-order valence-electron chi connectivity index (χ1n) is 11.3. The summed E-state index contributed by atoms with van der Waals surface area (Å²) in [5.41, 5.74) is 4.10. The van der Waals surface area contributed by atoms with Crippen molar-refractivity contribution in [2.24, 2.45) is 7.05 Å². The first kappa shape index (κ1) is 21.1. The number of benzene rings is 2. The number of fused-ring (bicyclic) bond motifs is 1. The quantitative estimate of drug-likeness (QED) is 0.403. The van der Waals surface area contributed by atoms with E-state index in [1.54, 1.807) is 0 Å². The third-order valence-electron chi connectivity index (χ3n) is 6.02. The zero-order chi connectivity index (χ0) is 23.8. The molecule has 0 aliphatic carbocycles. The van der Waals surface area contributed by atoms with Crippen LogP contribution in [-0.2, 0) is 11.8 Å². The Kier molecular flexibility index (Phi) is 5.23. The number of aryl methyl sites for hydroxylation is 1. The summed E-state index contributed by atoms with van der Waals surface area (Å²) in [6.45, 7) is 2.76. The molecule has 0 bridgehead atoms.